The van der Waals surface area contributed by atoms with Crippen molar-refractivity contribution in [3.05, 3.63) is 91.2 Å². The summed E-state index contributed by atoms with van der Waals surface area (Å²) in [7, 11) is 0. The average molecular weight is 341 g/mol. The molecule has 10 heteroatoms. The molecule has 2 N–H and O–H groups in total. The molecule has 0 aliphatic carbocycles. The number of nitro groups is 1. The van der Waals surface area contributed by atoms with Gasteiger partial charge in [-0.15, -0.1) is 4.68 Å². The first-order valence-corrected chi connectivity index (χ1v) is 7.02. The van der Waals surface area contributed by atoms with Gasteiger partial charge in [-0.05, 0) is 24.3 Å². The second kappa shape index (κ2) is 6.28. The van der Waals surface area contributed by atoms with Crippen molar-refractivity contribution in [1.82, 2.24) is 14.5 Å². The number of nitrogens with one attached hydrogen (secondary N) is 2. The molecule has 0 unspecified atom stereocenters. The van der Waals surface area contributed by atoms with Crippen molar-refractivity contribution in [2.24, 2.45) is 0 Å². The topological polar surface area (TPSA) is 132 Å². The van der Waals surface area contributed by atoms with E-state index in [1.165, 1.54) is 12.1 Å². The van der Waals surface area contributed by atoms with Gasteiger partial charge in [0, 0.05) is 17.7 Å². The van der Waals surface area contributed by atoms with E-state index in [0.717, 1.165) is 16.8 Å². The predicted molar refractivity (Wildman–Crippen MR) is 87.4 cm³/mol. The summed E-state index contributed by atoms with van der Waals surface area (Å²) in [6.07, 6.45) is 0. The normalized spacial score (nSPS) is 10.4. The number of hydrogen-bond donors (Lipinski definition) is 2. The highest BCUT2D eigenvalue weighted by Crippen LogP contribution is 2.11. The van der Waals surface area contributed by atoms with E-state index in [0.29, 0.717) is 10.4 Å². The molecule has 3 rings (SSSR count). The molecule has 0 radical (unpaired) electrons. The average Bonchev–Trinajstić information content (AvgIpc) is 2.90. The van der Waals surface area contributed by atoms with Gasteiger partial charge < -0.3 is 0 Å². The Morgan fingerprint density at radius 1 is 1.04 bits per heavy atom. The summed E-state index contributed by atoms with van der Waals surface area (Å²) >= 11 is 0. The van der Waals surface area contributed by atoms with Crippen LogP contribution in [0, 0.1) is 10.1 Å². The summed E-state index contributed by atoms with van der Waals surface area (Å²) in [6, 6.07) is 13.1. The largest absolute Gasteiger partial charge is 0.371 e. The Kier molecular flexibility index (Phi) is 4.00. The van der Waals surface area contributed by atoms with Crippen molar-refractivity contribution < 1.29 is 9.72 Å². The lowest BCUT2D eigenvalue weighted by Crippen LogP contribution is -2.39. The van der Waals surface area contributed by atoms with Crippen LogP contribution in [0.5, 0.6) is 0 Å². The van der Waals surface area contributed by atoms with Crippen molar-refractivity contribution >= 4 is 11.6 Å². The number of benzene rings is 2. The summed E-state index contributed by atoms with van der Waals surface area (Å²) in [6.45, 7) is 0. The van der Waals surface area contributed by atoms with Gasteiger partial charge in [0.25, 0.3) is 11.6 Å². The molecule has 1 amide bonds. The molecule has 0 bridgehead atoms. The molecule has 0 saturated carbocycles. The molecular weight excluding hydrogens is 330 g/mol. The van der Waals surface area contributed by atoms with Crippen LogP contribution in [0.4, 0.5) is 5.69 Å². The van der Waals surface area contributed by atoms with Gasteiger partial charge in [-0.2, -0.15) is 4.68 Å². The van der Waals surface area contributed by atoms with E-state index in [9.17, 15) is 24.5 Å². The van der Waals surface area contributed by atoms with Crippen molar-refractivity contribution in [1.29, 1.82) is 0 Å². The Balaban J connectivity index is 1.89. The highest BCUT2D eigenvalue weighted by molar-refractivity contribution is 6.00. The predicted octanol–water partition coefficient (Wildman–Crippen LogP) is 0.619. The van der Waals surface area contributed by atoms with E-state index >= 15 is 0 Å². The summed E-state index contributed by atoms with van der Waals surface area (Å²) in [5.74, 6) is -0.756. The zero-order valence-electron chi connectivity index (χ0n) is 12.6. The van der Waals surface area contributed by atoms with Gasteiger partial charge >= 0.3 is 11.4 Å². The third-order valence-electron chi connectivity index (χ3n) is 3.36. The van der Waals surface area contributed by atoms with Crippen LogP contribution in [0.1, 0.15) is 10.4 Å². The number of carbonyl (C=O) groups is 1. The minimum absolute atomic E-state index is 0.0596. The standard InChI is InChI=1S/C15H11N5O5/c21-13(10-6-8-12(9-7-10)20(24)25)16-19-14(22)17-18(15(19)23)11-4-2-1-3-5-11/h1-9H,(H,16,21)(H,17,22). The first kappa shape index (κ1) is 15.9. The zero-order chi connectivity index (χ0) is 18.0. The van der Waals surface area contributed by atoms with Gasteiger partial charge in [-0.25, -0.2) is 14.7 Å². The van der Waals surface area contributed by atoms with Crippen molar-refractivity contribution in [3.8, 4) is 5.69 Å². The summed E-state index contributed by atoms with van der Waals surface area (Å²) in [4.78, 5) is 46.4. The minimum atomic E-state index is -0.830. The molecule has 1 heterocycles. The van der Waals surface area contributed by atoms with Crippen molar-refractivity contribution in [2.75, 3.05) is 5.43 Å². The fourth-order valence-electron chi connectivity index (χ4n) is 2.13. The minimum Gasteiger partial charge on any atom is -0.267 e. The van der Waals surface area contributed by atoms with E-state index < -0.39 is 22.2 Å². The Hall–Kier alpha value is -3.95. The molecule has 10 nitrogen and oxygen atoms in total. The number of amides is 1. The molecule has 0 saturated heterocycles. The third-order valence-corrected chi connectivity index (χ3v) is 3.36. The Labute approximate surface area is 139 Å². The molecule has 0 aliphatic heterocycles. The number of carbonyl (C=O) groups excluding carboxylic acids is 1. The maximum Gasteiger partial charge on any atom is 0.371 e. The number of aromatic amines is 1. The van der Waals surface area contributed by atoms with Crippen molar-refractivity contribution in [3.63, 3.8) is 0 Å². The van der Waals surface area contributed by atoms with Crippen LogP contribution in [-0.2, 0) is 0 Å². The first-order chi connectivity index (χ1) is 12.0. The number of hydrogen-bond acceptors (Lipinski definition) is 5. The van der Waals surface area contributed by atoms with Gasteiger partial charge in [-0.1, -0.05) is 18.2 Å². The molecule has 25 heavy (non-hydrogen) atoms. The second-order valence-electron chi connectivity index (χ2n) is 4.95. The zero-order valence-corrected chi connectivity index (χ0v) is 12.6. The van der Waals surface area contributed by atoms with Gasteiger partial charge in [0.1, 0.15) is 0 Å². The van der Waals surface area contributed by atoms with Gasteiger partial charge in [0.2, 0.25) is 0 Å². The fraction of sp³-hybridized carbons (Fsp3) is 0. The number of H-pyrrole nitrogens is 1. The summed E-state index contributed by atoms with van der Waals surface area (Å²) < 4.78 is 1.51. The van der Waals surface area contributed by atoms with Crippen LogP contribution in [0.3, 0.4) is 0 Å². The fourth-order valence-corrected chi connectivity index (χ4v) is 2.13. The van der Waals surface area contributed by atoms with Gasteiger partial charge in [0.15, 0.2) is 0 Å². The molecule has 0 atom stereocenters. The molecule has 0 fully saturated rings. The van der Waals surface area contributed by atoms with Crippen LogP contribution >= 0.6 is 0 Å². The van der Waals surface area contributed by atoms with Crippen LogP contribution < -0.4 is 16.8 Å². The number of non-ortho nitro benzene ring substituents is 1. The third kappa shape index (κ3) is 3.08. The summed E-state index contributed by atoms with van der Waals surface area (Å²) in [5, 5.41) is 12.9. The number of nitrogens with zero attached hydrogens (tertiary/aromatic N) is 3. The number of para-hydroxylation sites is 1. The van der Waals surface area contributed by atoms with E-state index in [2.05, 4.69) is 10.5 Å². The maximum absolute atomic E-state index is 12.3. The van der Waals surface area contributed by atoms with E-state index in [-0.39, 0.29) is 11.3 Å². The molecule has 0 spiro atoms. The number of aromatic nitrogens is 3. The lowest BCUT2D eigenvalue weighted by molar-refractivity contribution is -0.384. The van der Waals surface area contributed by atoms with Crippen LogP contribution in [0.25, 0.3) is 5.69 Å². The van der Waals surface area contributed by atoms with E-state index in [1.807, 2.05) is 0 Å². The van der Waals surface area contributed by atoms with Crippen LogP contribution in [0.15, 0.2) is 64.2 Å². The lowest BCUT2D eigenvalue weighted by atomic mass is 10.2. The quantitative estimate of drug-likeness (QED) is 0.530. The first-order valence-electron chi connectivity index (χ1n) is 7.02. The van der Waals surface area contributed by atoms with Gasteiger partial charge in [-0.3, -0.25) is 20.3 Å². The van der Waals surface area contributed by atoms with Crippen LogP contribution in [-0.4, -0.2) is 25.3 Å². The molecule has 2 aromatic carbocycles. The molecule has 3 aromatic rings. The van der Waals surface area contributed by atoms with Gasteiger partial charge in [0.05, 0.1) is 10.6 Å². The monoisotopic (exact) mass is 341 g/mol. The van der Waals surface area contributed by atoms with E-state index in [4.69, 9.17) is 0 Å². The van der Waals surface area contributed by atoms with Crippen LogP contribution in [0.2, 0.25) is 0 Å². The Bertz CT molecular complexity index is 1050. The number of nitro benzene ring substituents is 1. The second-order valence-corrected chi connectivity index (χ2v) is 4.95. The molecular formula is C15H11N5O5. The van der Waals surface area contributed by atoms with E-state index in [1.54, 1.807) is 30.3 Å². The molecule has 1 aromatic heterocycles. The molecule has 0 aliphatic rings. The Morgan fingerprint density at radius 2 is 1.68 bits per heavy atom. The molecule has 126 valence electrons. The Morgan fingerprint density at radius 3 is 2.28 bits per heavy atom. The maximum atomic E-state index is 12.3. The highest BCUT2D eigenvalue weighted by atomic mass is 16.6. The van der Waals surface area contributed by atoms with Crippen molar-refractivity contribution in [2.45, 2.75) is 0 Å². The smallest absolute Gasteiger partial charge is 0.267 e. The SMILES string of the molecule is O=C(Nn1c(=O)[nH]n(-c2ccccc2)c1=O)c1ccc([N+](=O)[O-])cc1. The summed E-state index contributed by atoms with van der Waals surface area (Å²) in [5.41, 5.74) is 0.854. The lowest BCUT2D eigenvalue weighted by Gasteiger charge is -2.03. The highest BCUT2D eigenvalue weighted by Gasteiger charge is 2.15. The number of rotatable bonds is 4.